The van der Waals surface area contributed by atoms with Crippen molar-refractivity contribution in [1.29, 1.82) is 0 Å². The van der Waals surface area contributed by atoms with Gasteiger partial charge < -0.3 is 14.4 Å². The fourth-order valence-corrected chi connectivity index (χ4v) is 1.42. The van der Waals surface area contributed by atoms with Crippen molar-refractivity contribution in [2.45, 2.75) is 26.4 Å². The Labute approximate surface area is 105 Å². The normalized spacial score (nSPS) is 11.8. The molecule has 18 heavy (non-hydrogen) atoms. The quantitative estimate of drug-likeness (QED) is 0.904. The van der Waals surface area contributed by atoms with E-state index in [2.05, 4.69) is 10.1 Å². The highest BCUT2D eigenvalue weighted by atomic mass is 16.5. The van der Waals surface area contributed by atoms with E-state index in [9.17, 15) is 5.11 Å². The smallest absolute Gasteiger partial charge is 0.258 e. The first-order valence-electron chi connectivity index (χ1n) is 5.63. The minimum atomic E-state index is -0.603. The molecule has 0 bridgehead atoms. The van der Waals surface area contributed by atoms with Crippen LogP contribution in [0.15, 0.2) is 22.7 Å². The van der Waals surface area contributed by atoms with Gasteiger partial charge in [-0.1, -0.05) is 11.2 Å². The first-order chi connectivity index (χ1) is 8.44. The van der Waals surface area contributed by atoms with Gasteiger partial charge in [0.2, 0.25) is 5.82 Å². The van der Waals surface area contributed by atoms with Crippen molar-refractivity contribution in [2.75, 3.05) is 7.11 Å². The maximum Gasteiger partial charge on any atom is 0.258 e. The SMILES string of the molecule is COC(C)(C)c1noc(-c2ccc(C)c(O)c2)n1. The number of nitrogens with zero attached hydrogens (tertiary/aromatic N) is 2. The Morgan fingerprint density at radius 3 is 2.67 bits per heavy atom. The van der Waals surface area contributed by atoms with Crippen LogP contribution in [-0.4, -0.2) is 22.4 Å². The molecule has 0 fully saturated rings. The van der Waals surface area contributed by atoms with Crippen LogP contribution in [0.1, 0.15) is 25.2 Å². The fourth-order valence-electron chi connectivity index (χ4n) is 1.42. The van der Waals surface area contributed by atoms with Crippen LogP contribution in [0.2, 0.25) is 0 Å². The molecule has 1 aromatic heterocycles. The average molecular weight is 248 g/mol. The second kappa shape index (κ2) is 4.42. The second-order valence-corrected chi connectivity index (χ2v) is 4.64. The van der Waals surface area contributed by atoms with E-state index < -0.39 is 5.60 Å². The van der Waals surface area contributed by atoms with E-state index in [0.29, 0.717) is 17.3 Å². The van der Waals surface area contributed by atoms with Crippen LogP contribution >= 0.6 is 0 Å². The molecule has 2 rings (SSSR count). The Kier molecular flexibility index (Phi) is 3.09. The maximum atomic E-state index is 9.66. The van der Waals surface area contributed by atoms with E-state index in [1.165, 1.54) is 0 Å². The summed E-state index contributed by atoms with van der Waals surface area (Å²) < 4.78 is 10.5. The Morgan fingerprint density at radius 2 is 2.06 bits per heavy atom. The summed E-state index contributed by atoms with van der Waals surface area (Å²) in [5.74, 6) is 1.05. The predicted molar refractivity (Wildman–Crippen MR) is 66.2 cm³/mol. The van der Waals surface area contributed by atoms with Crippen molar-refractivity contribution in [3.8, 4) is 17.2 Å². The summed E-state index contributed by atoms with van der Waals surface area (Å²) in [6.45, 7) is 5.54. The highest BCUT2D eigenvalue weighted by molar-refractivity contribution is 5.57. The number of phenols is 1. The van der Waals surface area contributed by atoms with Crippen LogP contribution in [0, 0.1) is 6.92 Å². The fraction of sp³-hybridized carbons (Fsp3) is 0.385. The average Bonchev–Trinajstić information content (AvgIpc) is 2.83. The van der Waals surface area contributed by atoms with E-state index in [0.717, 1.165) is 5.56 Å². The lowest BCUT2D eigenvalue weighted by Crippen LogP contribution is -2.21. The van der Waals surface area contributed by atoms with E-state index in [1.807, 2.05) is 26.8 Å². The van der Waals surface area contributed by atoms with E-state index in [4.69, 9.17) is 9.26 Å². The third-order valence-corrected chi connectivity index (χ3v) is 2.93. The third kappa shape index (κ3) is 2.22. The number of methoxy groups -OCH3 is 1. The van der Waals surface area contributed by atoms with Gasteiger partial charge >= 0.3 is 0 Å². The lowest BCUT2D eigenvalue weighted by molar-refractivity contribution is 0.00973. The van der Waals surface area contributed by atoms with Crippen LogP contribution in [0.3, 0.4) is 0 Å². The van der Waals surface area contributed by atoms with Gasteiger partial charge in [-0.15, -0.1) is 0 Å². The van der Waals surface area contributed by atoms with Crippen molar-refractivity contribution >= 4 is 0 Å². The molecule has 5 heteroatoms. The van der Waals surface area contributed by atoms with Gasteiger partial charge in [0.25, 0.3) is 5.89 Å². The summed E-state index contributed by atoms with van der Waals surface area (Å²) in [7, 11) is 1.59. The summed E-state index contributed by atoms with van der Waals surface area (Å²) in [5.41, 5.74) is 0.883. The summed E-state index contributed by atoms with van der Waals surface area (Å²) in [6.07, 6.45) is 0. The van der Waals surface area contributed by atoms with Gasteiger partial charge in [-0.2, -0.15) is 4.98 Å². The number of hydrogen-bond donors (Lipinski definition) is 1. The number of aromatic hydroxyl groups is 1. The topological polar surface area (TPSA) is 68.4 Å². The molecule has 0 saturated carbocycles. The van der Waals surface area contributed by atoms with Crippen LogP contribution in [0.4, 0.5) is 0 Å². The largest absolute Gasteiger partial charge is 0.508 e. The highest BCUT2D eigenvalue weighted by Crippen LogP contribution is 2.27. The Hall–Kier alpha value is -1.88. The van der Waals surface area contributed by atoms with Gasteiger partial charge in [0.1, 0.15) is 11.4 Å². The molecule has 0 saturated heterocycles. The van der Waals surface area contributed by atoms with Crippen molar-refractivity contribution in [3.05, 3.63) is 29.6 Å². The van der Waals surface area contributed by atoms with Gasteiger partial charge in [-0.25, -0.2) is 0 Å². The van der Waals surface area contributed by atoms with Crippen LogP contribution in [0.5, 0.6) is 5.75 Å². The minimum absolute atomic E-state index is 0.207. The number of aromatic nitrogens is 2. The Balaban J connectivity index is 2.38. The van der Waals surface area contributed by atoms with Crippen molar-refractivity contribution in [1.82, 2.24) is 10.1 Å². The Bertz CT molecular complexity index is 561. The summed E-state index contributed by atoms with van der Waals surface area (Å²) in [6, 6.07) is 5.23. The number of hydrogen-bond acceptors (Lipinski definition) is 5. The molecule has 1 N–H and O–H groups in total. The zero-order valence-electron chi connectivity index (χ0n) is 10.9. The van der Waals surface area contributed by atoms with E-state index in [1.54, 1.807) is 19.2 Å². The molecule has 0 amide bonds. The zero-order valence-corrected chi connectivity index (χ0v) is 10.9. The van der Waals surface area contributed by atoms with Crippen LogP contribution < -0.4 is 0 Å². The molecular weight excluding hydrogens is 232 g/mol. The molecule has 5 nitrogen and oxygen atoms in total. The van der Waals surface area contributed by atoms with Gasteiger partial charge in [0.15, 0.2) is 0 Å². The minimum Gasteiger partial charge on any atom is -0.508 e. The van der Waals surface area contributed by atoms with Crippen molar-refractivity contribution < 1.29 is 14.4 Å². The lowest BCUT2D eigenvalue weighted by atomic mass is 10.1. The molecule has 96 valence electrons. The Morgan fingerprint density at radius 1 is 1.33 bits per heavy atom. The van der Waals surface area contributed by atoms with E-state index >= 15 is 0 Å². The monoisotopic (exact) mass is 248 g/mol. The number of aryl methyl sites for hydroxylation is 1. The molecule has 1 aromatic carbocycles. The molecular formula is C13H16N2O3. The van der Waals surface area contributed by atoms with Gasteiger partial charge in [0, 0.05) is 12.7 Å². The summed E-state index contributed by atoms with van der Waals surface area (Å²) in [4.78, 5) is 4.28. The zero-order chi connectivity index (χ0) is 13.3. The van der Waals surface area contributed by atoms with Gasteiger partial charge in [0.05, 0.1) is 0 Å². The number of benzene rings is 1. The molecule has 0 radical (unpaired) electrons. The number of rotatable bonds is 3. The third-order valence-electron chi connectivity index (χ3n) is 2.93. The standard InChI is InChI=1S/C13H16N2O3/c1-8-5-6-9(7-10(8)16)11-14-12(15-18-11)13(2,3)17-4/h5-7,16H,1-4H3. The predicted octanol–water partition coefficient (Wildman–Crippen LogP) is 2.63. The molecule has 2 aromatic rings. The first kappa shape index (κ1) is 12.6. The molecule has 0 atom stereocenters. The van der Waals surface area contributed by atoms with Crippen LogP contribution in [0.25, 0.3) is 11.5 Å². The molecule has 0 unspecified atom stereocenters. The number of phenolic OH excluding ortho intramolecular Hbond substituents is 1. The van der Waals surface area contributed by atoms with Gasteiger partial charge in [-0.05, 0) is 38.5 Å². The van der Waals surface area contributed by atoms with Gasteiger partial charge in [-0.3, -0.25) is 0 Å². The second-order valence-electron chi connectivity index (χ2n) is 4.64. The van der Waals surface area contributed by atoms with Crippen molar-refractivity contribution in [2.24, 2.45) is 0 Å². The molecule has 0 aliphatic heterocycles. The molecule has 0 spiro atoms. The summed E-state index contributed by atoms with van der Waals surface area (Å²) in [5, 5.41) is 13.6. The van der Waals surface area contributed by atoms with Crippen molar-refractivity contribution in [3.63, 3.8) is 0 Å². The summed E-state index contributed by atoms with van der Waals surface area (Å²) >= 11 is 0. The number of ether oxygens (including phenoxy) is 1. The molecule has 1 heterocycles. The first-order valence-corrected chi connectivity index (χ1v) is 5.63. The van der Waals surface area contributed by atoms with E-state index in [-0.39, 0.29) is 5.75 Å². The molecule has 0 aliphatic rings. The maximum absolute atomic E-state index is 9.66. The highest BCUT2D eigenvalue weighted by Gasteiger charge is 2.26. The molecule has 0 aliphatic carbocycles. The lowest BCUT2D eigenvalue weighted by Gasteiger charge is -2.17. The van der Waals surface area contributed by atoms with Crippen LogP contribution in [-0.2, 0) is 10.3 Å².